The molecule has 0 aromatic carbocycles. The van der Waals surface area contributed by atoms with Crippen LogP contribution in [-0.2, 0) is 0 Å². The topological polar surface area (TPSA) is 0 Å². The molecule has 0 unspecified atom stereocenters. The van der Waals surface area contributed by atoms with Crippen LogP contribution >= 0.6 is 0 Å². The average molecular weight is 202 g/mol. The third-order valence-electron chi connectivity index (χ3n) is 3.39. The van der Waals surface area contributed by atoms with Gasteiger partial charge in [-0.05, 0) is 0 Å². The van der Waals surface area contributed by atoms with Gasteiger partial charge in [-0.25, -0.2) is 0 Å². The van der Waals surface area contributed by atoms with Crippen LogP contribution in [0.15, 0.2) is 0 Å². The third kappa shape index (κ3) is 4.16. The van der Waals surface area contributed by atoms with Gasteiger partial charge < -0.3 is 5.92 Å². The molecule has 0 amide bonds. The molecule has 1 aliphatic rings. The van der Waals surface area contributed by atoms with Gasteiger partial charge in [0.2, 0.25) is 0 Å². The monoisotopic (exact) mass is 202 g/mol. The fourth-order valence-electron chi connectivity index (χ4n) is 3.64. The first-order chi connectivity index (χ1) is 6.23. The summed E-state index contributed by atoms with van der Waals surface area (Å²) in [5, 5.41) is 0. The van der Waals surface area contributed by atoms with Crippen molar-refractivity contribution in [2.75, 3.05) is 0 Å². The molecular weight excluding hydrogens is 175 g/mol. The molecule has 1 saturated carbocycles. The SMILES string of the molecule is CC(C)(C)C([C-]1CCCC1)C(C)(C)C.[Li+]. The average Bonchev–Trinajstić information content (AvgIpc) is 2.31. The summed E-state index contributed by atoms with van der Waals surface area (Å²) in [4.78, 5) is 0. The molecule has 0 aliphatic heterocycles. The number of hydrogen-bond acceptors (Lipinski definition) is 0. The van der Waals surface area contributed by atoms with E-state index in [2.05, 4.69) is 41.5 Å². The second-order valence-corrected chi connectivity index (χ2v) is 7.03. The second-order valence-electron chi connectivity index (χ2n) is 7.03. The maximum atomic E-state index is 2.40. The predicted molar refractivity (Wildman–Crippen MR) is 64.1 cm³/mol. The van der Waals surface area contributed by atoms with Crippen molar-refractivity contribution in [3.05, 3.63) is 5.92 Å². The Balaban J connectivity index is 0.00000196. The van der Waals surface area contributed by atoms with E-state index in [1.165, 1.54) is 25.7 Å². The van der Waals surface area contributed by atoms with Crippen molar-refractivity contribution in [2.45, 2.75) is 67.2 Å². The molecule has 0 spiro atoms. The molecule has 0 bridgehead atoms. The van der Waals surface area contributed by atoms with Crippen LogP contribution in [0.25, 0.3) is 0 Å². The Kier molecular flexibility index (Phi) is 5.50. The van der Waals surface area contributed by atoms with Gasteiger partial charge in [0.15, 0.2) is 0 Å². The van der Waals surface area contributed by atoms with Crippen LogP contribution in [0.3, 0.4) is 0 Å². The van der Waals surface area contributed by atoms with E-state index in [1.54, 1.807) is 0 Å². The van der Waals surface area contributed by atoms with E-state index in [4.69, 9.17) is 0 Å². The van der Waals surface area contributed by atoms with E-state index in [9.17, 15) is 0 Å². The molecule has 0 aromatic rings. The van der Waals surface area contributed by atoms with Crippen LogP contribution in [-0.4, -0.2) is 0 Å². The van der Waals surface area contributed by atoms with Crippen LogP contribution < -0.4 is 18.9 Å². The first kappa shape index (κ1) is 15.6. The molecule has 0 N–H and O–H groups in total. The minimum Gasteiger partial charge on any atom is -0.310 e. The molecule has 84 valence electrons. The summed E-state index contributed by atoms with van der Waals surface area (Å²) in [6.45, 7) is 14.4. The largest absolute Gasteiger partial charge is 1.00 e. The molecule has 1 fully saturated rings. The van der Waals surface area contributed by atoms with Gasteiger partial charge in [0.05, 0.1) is 0 Å². The van der Waals surface area contributed by atoms with Gasteiger partial charge in [-0.1, -0.05) is 65.2 Å². The molecule has 0 aromatic heterocycles. The summed E-state index contributed by atoms with van der Waals surface area (Å²) in [6.07, 6.45) is 5.63. The van der Waals surface area contributed by atoms with Gasteiger partial charge in [-0.3, -0.25) is 0 Å². The summed E-state index contributed by atoms with van der Waals surface area (Å²) in [5.41, 5.74) is 0.857. The fourth-order valence-corrected chi connectivity index (χ4v) is 3.64. The first-order valence-electron chi connectivity index (χ1n) is 6.07. The van der Waals surface area contributed by atoms with E-state index in [1.807, 2.05) is 5.92 Å². The van der Waals surface area contributed by atoms with E-state index in [0.717, 1.165) is 5.92 Å². The van der Waals surface area contributed by atoms with E-state index < -0.39 is 0 Å². The van der Waals surface area contributed by atoms with Crippen molar-refractivity contribution >= 4 is 0 Å². The molecule has 0 atom stereocenters. The zero-order chi connectivity index (χ0) is 11.0. The maximum Gasteiger partial charge on any atom is 1.00 e. The van der Waals surface area contributed by atoms with Crippen molar-refractivity contribution in [1.29, 1.82) is 0 Å². The third-order valence-corrected chi connectivity index (χ3v) is 3.39. The van der Waals surface area contributed by atoms with E-state index in [0.29, 0.717) is 10.8 Å². The predicted octanol–water partition coefficient (Wildman–Crippen LogP) is 1.85. The quantitative estimate of drug-likeness (QED) is 0.449. The minimum absolute atomic E-state index is 0. The summed E-state index contributed by atoms with van der Waals surface area (Å²) < 4.78 is 0. The van der Waals surface area contributed by atoms with Crippen LogP contribution in [0.2, 0.25) is 0 Å². The van der Waals surface area contributed by atoms with Gasteiger partial charge >= 0.3 is 18.9 Å². The molecule has 15 heavy (non-hydrogen) atoms. The van der Waals surface area contributed by atoms with Crippen molar-refractivity contribution < 1.29 is 18.9 Å². The van der Waals surface area contributed by atoms with Crippen molar-refractivity contribution in [1.82, 2.24) is 0 Å². The Bertz CT molecular complexity index is 162. The summed E-state index contributed by atoms with van der Waals surface area (Å²) in [5.74, 6) is 2.63. The summed E-state index contributed by atoms with van der Waals surface area (Å²) >= 11 is 0. The van der Waals surface area contributed by atoms with Gasteiger partial charge in [-0.2, -0.15) is 18.8 Å². The number of hydrogen-bond donors (Lipinski definition) is 0. The normalized spacial score (nSPS) is 19.4. The van der Waals surface area contributed by atoms with Gasteiger partial charge in [0.25, 0.3) is 0 Å². The Hall–Kier alpha value is 0.597. The van der Waals surface area contributed by atoms with Crippen LogP contribution in [0.1, 0.15) is 67.2 Å². The Morgan fingerprint density at radius 1 is 0.800 bits per heavy atom. The van der Waals surface area contributed by atoms with Crippen molar-refractivity contribution in [2.24, 2.45) is 16.7 Å². The van der Waals surface area contributed by atoms with Crippen molar-refractivity contribution in [3.63, 3.8) is 0 Å². The fraction of sp³-hybridized carbons (Fsp3) is 0.929. The molecule has 0 radical (unpaired) electrons. The molecular formula is C14H27Li. The molecule has 1 aliphatic carbocycles. The zero-order valence-electron chi connectivity index (χ0n) is 11.9. The molecule has 1 heteroatoms. The first-order valence-corrected chi connectivity index (χ1v) is 6.07. The number of rotatable bonds is 1. The Morgan fingerprint density at radius 3 is 1.40 bits per heavy atom. The van der Waals surface area contributed by atoms with E-state index >= 15 is 0 Å². The van der Waals surface area contributed by atoms with E-state index in [-0.39, 0.29) is 18.9 Å². The van der Waals surface area contributed by atoms with Gasteiger partial charge in [-0.15, -0.1) is 0 Å². The second kappa shape index (κ2) is 5.29. The molecule has 0 nitrogen and oxygen atoms in total. The molecule has 1 rings (SSSR count). The zero-order valence-corrected chi connectivity index (χ0v) is 11.9. The van der Waals surface area contributed by atoms with Crippen LogP contribution in [0.4, 0.5) is 0 Å². The van der Waals surface area contributed by atoms with Crippen molar-refractivity contribution in [3.8, 4) is 0 Å². The maximum absolute atomic E-state index is 2.40. The van der Waals surface area contributed by atoms with Gasteiger partial charge in [0.1, 0.15) is 0 Å². The standard InChI is InChI=1S/C14H27.Li/c1-13(2,3)12(14(4,5)6)11-9-7-8-10-11;/h12H,7-10H2,1-6H3;/q-1;+1. The molecule has 0 heterocycles. The smallest absolute Gasteiger partial charge is 0.310 e. The Labute approximate surface area is 109 Å². The van der Waals surface area contributed by atoms with Crippen LogP contribution in [0, 0.1) is 22.7 Å². The van der Waals surface area contributed by atoms with Crippen LogP contribution in [0.5, 0.6) is 0 Å². The molecule has 0 saturated heterocycles. The summed E-state index contributed by atoms with van der Waals surface area (Å²) in [7, 11) is 0. The Morgan fingerprint density at radius 2 is 1.13 bits per heavy atom. The summed E-state index contributed by atoms with van der Waals surface area (Å²) in [6, 6.07) is 0. The minimum atomic E-state index is 0. The van der Waals surface area contributed by atoms with Gasteiger partial charge in [0, 0.05) is 0 Å².